The first-order chi connectivity index (χ1) is 25.5. The second-order valence-electron chi connectivity index (χ2n) is 11.8. The second-order valence-corrected chi connectivity index (χ2v) is 11.8. The number of benzene rings is 8. The summed E-state index contributed by atoms with van der Waals surface area (Å²) in [4.78, 5) is 0. The van der Waals surface area contributed by atoms with Crippen LogP contribution in [0.15, 0.2) is 176 Å². The van der Waals surface area contributed by atoms with E-state index in [0.717, 1.165) is 5.56 Å². The molecule has 3 heteroatoms. The summed E-state index contributed by atoms with van der Waals surface area (Å²) in [5.41, 5.74) is 18.8. The smallest absolute Gasteiger partial charge is 0.122 e. The molecule has 8 aromatic carbocycles. The molecule has 0 aliphatic carbocycles. The minimum Gasteiger partial charge on any atom is -0.384 e. The van der Waals surface area contributed by atoms with Crippen molar-refractivity contribution in [1.82, 2.24) is 0 Å². The zero-order valence-electron chi connectivity index (χ0n) is 31.1. The average Bonchev–Trinajstić information content (AvgIpc) is 3.23. The van der Waals surface area contributed by atoms with Gasteiger partial charge in [-0.05, 0) is 79.2 Å². The first kappa shape index (κ1) is 38.8. The van der Waals surface area contributed by atoms with E-state index in [-0.39, 0.29) is 5.84 Å². The Hall–Kier alpha value is -6.03. The summed E-state index contributed by atoms with van der Waals surface area (Å²) < 4.78 is 0. The average molecular weight is 682 g/mol. The Labute approximate surface area is 310 Å². The summed E-state index contributed by atoms with van der Waals surface area (Å²) in [5.74, 6) is 0.121. The van der Waals surface area contributed by atoms with Gasteiger partial charge in [-0.3, -0.25) is 5.41 Å². The van der Waals surface area contributed by atoms with Crippen LogP contribution in [0.1, 0.15) is 44.4 Å². The molecule has 0 amide bonds. The Morgan fingerprint density at radius 3 is 1.27 bits per heavy atom. The molecule has 8 aromatic rings. The maximum Gasteiger partial charge on any atom is 0.122 e. The lowest BCUT2D eigenvalue weighted by molar-refractivity contribution is 1.07. The Morgan fingerprint density at radius 1 is 0.423 bits per heavy atom. The highest BCUT2D eigenvalue weighted by Gasteiger charge is 2.10. The lowest BCUT2D eigenvalue weighted by atomic mass is 9.91. The SMILES string of the molecule is CC.CC.Cc1cccc(-c2cccc(-c3ccc4c5ccccc5c5ccccc5c4c3)c2)c1.N=C(N)c1ccccc1.NCc1ccccc1. The molecule has 3 nitrogen and oxygen atoms in total. The van der Waals surface area contributed by atoms with Gasteiger partial charge in [-0.2, -0.15) is 0 Å². The third-order valence-corrected chi connectivity index (χ3v) is 8.45. The molecule has 0 aromatic heterocycles. The normalized spacial score (nSPS) is 9.96. The van der Waals surface area contributed by atoms with Gasteiger partial charge in [-0.1, -0.05) is 197 Å². The molecule has 0 heterocycles. The molecule has 0 saturated carbocycles. The number of nitrogens with one attached hydrogen (secondary N) is 1. The minimum absolute atomic E-state index is 0.121. The van der Waals surface area contributed by atoms with E-state index in [0.29, 0.717) is 6.54 Å². The lowest BCUT2D eigenvalue weighted by Crippen LogP contribution is -2.10. The van der Waals surface area contributed by atoms with E-state index in [1.165, 1.54) is 65.7 Å². The van der Waals surface area contributed by atoms with Gasteiger partial charge < -0.3 is 11.5 Å². The van der Waals surface area contributed by atoms with E-state index in [9.17, 15) is 0 Å². The third kappa shape index (κ3) is 9.81. The van der Waals surface area contributed by atoms with Gasteiger partial charge in [0.25, 0.3) is 0 Å². The van der Waals surface area contributed by atoms with Crippen LogP contribution in [0.2, 0.25) is 0 Å². The Bertz CT molecular complexity index is 2270. The van der Waals surface area contributed by atoms with Gasteiger partial charge in [0.2, 0.25) is 0 Å². The zero-order valence-corrected chi connectivity index (χ0v) is 31.1. The first-order valence-corrected chi connectivity index (χ1v) is 18.2. The van der Waals surface area contributed by atoms with E-state index >= 15 is 0 Å². The number of aryl methyl sites for hydroxylation is 1. The molecule has 0 spiro atoms. The van der Waals surface area contributed by atoms with Crippen molar-refractivity contribution in [3.63, 3.8) is 0 Å². The van der Waals surface area contributed by atoms with Crippen molar-refractivity contribution in [2.75, 3.05) is 0 Å². The monoisotopic (exact) mass is 681 g/mol. The van der Waals surface area contributed by atoms with Crippen LogP contribution in [-0.4, -0.2) is 5.84 Å². The van der Waals surface area contributed by atoms with Gasteiger partial charge in [0.1, 0.15) is 5.84 Å². The van der Waals surface area contributed by atoms with Gasteiger partial charge in [0, 0.05) is 12.1 Å². The number of fused-ring (bicyclic) bond motifs is 6. The van der Waals surface area contributed by atoms with Crippen LogP contribution in [-0.2, 0) is 6.54 Å². The first-order valence-electron chi connectivity index (χ1n) is 18.2. The van der Waals surface area contributed by atoms with Crippen LogP contribution in [0.25, 0.3) is 54.6 Å². The molecular weight excluding hydrogens is 631 g/mol. The standard InChI is InChI=1S/C31H22.C7H8N2.C7H9N.2C2H6/c1-21-8-6-9-22(18-21)23-10-7-11-24(19-23)25-16-17-30-28-14-3-2-12-26(28)27-13-4-5-15-29(27)31(30)20-25;8-7(9)6-4-2-1-3-5-6;8-6-7-4-2-1-3-5-7;2*1-2/h2-20H,1H3;1-5H,(H3,8,9);1-5H,6,8H2;2*1-2H3. The maximum atomic E-state index is 7.01. The molecule has 52 heavy (non-hydrogen) atoms. The van der Waals surface area contributed by atoms with Crippen molar-refractivity contribution in [2.45, 2.75) is 41.2 Å². The molecule has 0 unspecified atom stereocenters. The highest BCUT2D eigenvalue weighted by Crippen LogP contribution is 2.37. The fourth-order valence-electron chi connectivity index (χ4n) is 6.02. The predicted molar refractivity (Wildman–Crippen MR) is 229 cm³/mol. The molecule has 0 aliphatic heterocycles. The summed E-state index contributed by atoms with van der Waals surface area (Å²) in [5, 5.41) is 14.9. The van der Waals surface area contributed by atoms with Crippen molar-refractivity contribution in [3.8, 4) is 22.3 Å². The Balaban J connectivity index is 0.000000236. The van der Waals surface area contributed by atoms with Gasteiger partial charge in [0.15, 0.2) is 0 Å². The van der Waals surface area contributed by atoms with Crippen molar-refractivity contribution in [3.05, 3.63) is 193 Å². The predicted octanol–water partition coefficient (Wildman–Crippen LogP) is 13.0. The van der Waals surface area contributed by atoms with Crippen LogP contribution in [0, 0.1) is 12.3 Å². The van der Waals surface area contributed by atoms with Gasteiger partial charge in [-0.15, -0.1) is 0 Å². The van der Waals surface area contributed by atoms with Gasteiger partial charge in [0.05, 0.1) is 0 Å². The number of nitrogen functional groups attached to an aromatic ring is 1. The molecule has 5 N–H and O–H groups in total. The number of hydrogen-bond acceptors (Lipinski definition) is 2. The van der Waals surface area contributed by atoms with Crippen molar-refractivity contribution in [1.29, 1.82) is 5.41 Å². The maximum absolute atomic E-state index is 7.01. The van der Waals surface area contributed by atoms with Crippen LogP contribution < -0.4 is 11.5 Å². The largest absolute Gasteiger partial charge is 0.384 e. The summed E-state index contributed by atoms with van der Waals surface area (Å²) in [6, 6.07) is 61.2. The molecule has 0 bridgehead atoms. The molecule has 0 saturated heterocycles. The van der Waals surface area contributed by atoms with E-state index in [1.807, 2.05) is 88.4 Å². The third-order valence-electron chi connectivity index (χ3n) is 8.45. The van der Waals surface area contributed by atoms with E-state index in [1.54, 1.807) is 0 Å². The minimum atomic E-state index is 0.121. The zero-order chi connectivity index (χ0) is 37.3. The highest BCUT2D eigenvalue weighted by atomic mass is 14.7. The molecule has 0 fully saturated rings. The van der Waals surface area contributed by atoms with Crippen molar-refractivity contribution >= 4 is 38.2 Å². The van der Waals surface area contributed by atoms with Gasteiger partial charge >= 0.3 is 0 Å². The molecule has 0 aliphatic rings. The lowest BCUT2D eigenvalue weighted by Gasteiger charge is -2.12. The molecular formula is C49H51N3. The second kappa shape index (κ2) is 20.0. The quantitative estimate of drug-likeness (QED) is 0.0982. The summed E-state index contributed by atoms with van der Waals surface area (Å²) in [7, 11) is 0. The van der Waals surface area contributed by atoms with Crippen LogP contribution in [0.5, 0.6) is 0 Å². The number of nitrogens with two attached hydrogens (primary N) is 2. The van der Waals surface area contributed by atoms with E-state index in [4.69, 9.17) is 16.9 Å². The van der Waals surface area contributed by atoms with Crippen LogP contribution in [0.3, 0.4) is 0 Å². The Morgan fingerprint density at radius 2 is 0.827 bits per heavy atom. The fraction of sp³-hybridized carbons (Fsp3) is 0.122. The number of rotatable bonds is 4. The summed E-state index contributed by atoms with van der Waals surface area (Å²) >= 11 is 0. The molecule has 0 radical (unpaired) electrons. The van der Waals surface area contributed by atoms with E-state index in [2.05, 4.69) is 122 Å². The summed E-state index contributed by atoms with van der Waals surface area (Å²) in [6.45, 7) is 10.8. The van der Waals surface area contributed by atoms with Crippen molar-refractivity contribution in [2.24, 2.45) is 11.5 Å². The van der Waals surface area contributed by atoms with Crippen LogP contribution in [0.4, 0.5) is 0 Å². The highest BCUT2D eigenvalue weighted by molar-refractivity contribution is 6.25. The van der Waals surface area contributed by atoms with E-state index < -0.39 is 0 Å². The fourth-order valence-corrected chi connectivity index (χ4v) is 6.02. The number of amidine groups is 1. The van der Waals surface area contributed by atoms with Gasteiger partial charge in [-0.25, -0.2) is 0 Å². The van der Waals surface area contributed by atoms with Crippen molar-refractivity contribution < 1.29 is 0 Å². The van der Waals surface area contributed by atoms with Crippen LogP contribution >= 0.6 is 0 Å². The Kier molecular flexibility index (Phi) is 14.9. The number of hydrogen-bond donors (Lipinski definition) is 3. The topological polar surface area (TPSA) is 75.9 Å². The molecule has 8 rings (SSSR count). The molecule has 262 valence electrons. The summed E-state index contributed by atoms with van der Waals surface area (Å²) in [6.07, 6.45) is 0. The molecule has 0 atom stereocenters.